The van der Waals surface area contributed by atoms with E-state index in [1.54, 1.807) is 0 Å². The van der Waals surface area contributed by atoms with Gasteiger partial charge in [0.05, 0.1) is 17.4 Å². The van der Waals surface area contributed by atoms with Crippen molar-refractivity contribution in [2.24, 2.45) is 0 Å². The Kier molecular flexibility index (Phi) is 4.41. The largest absolute Gasteiger partial charge is 0.381 e. The normalized spacial score (nSPS) is 19.6. The number of halogens is 1. The number of rotatable bonds is 3. The molecule has 0 spiro atoms. The summed E-state index contributed by atoms with van der Waals surface area (Å²) in [4.78, 5) is 0. The molecule has 0 aliphatic carbocycles. The predicted octanol–water partition coefficient (Wildman–Crippen LogP) is 3.30. The molecule has 1 aromatic rings. The van der Waals surface area contributed by atoms with E-state index in [-0.39, 0.29) is 6.10 Å². The van der Waals surface area contributed by atoms with Crippen molar-refractivity contribution in [3.8, 4) is 6.07 Å². The fourth-order valence-electron chi connectivity index (χ4n) is 1.98. The van der Waals surface area contributed by atoms with E-state index in [1.807, 2.05) is 18.2 Å². The Morgan fingerprint density at radius 1 is 1.47 bits per heavy atom. The molecule has 0 bridgehead atoms. The van der Waals surface area contributed by atoms with Crippen LogP contribution in [0.1, 0.15) is 24.8 Å². The van der Waals surface area contributed by atoms with Crippen molar-refractivity contribution in [1.82, 2.24) is 0 Å². The average Bonchev–Trinajstić information content (AvgIpc) is 2.37. The molecule has 1 fully saturated rings. The van der Waals surface area contributed by atoms with E-state index in [1.165, 1.54) is 6.42 Å². The number of benzene rings is 1. The molecule has 0 amide bonds. The lowest BCUT2D eigenvalue weighted by Gasteiger charge is -2.23. The third kappa shape index (κ3) is 3.21. The number of ether oxygens (including phenoxy) is 1. The molecule has 4 heteroatoms. The minimum atomic E-state index is 0.272. The molecule has 2 rings (SSSR count). The van der Waals surface area contributed by atoms with Crippen LogP contribution in [-0.2, 0) is 4.74 Å². The molecule has 90 valence electrons. The van der Waals surface area contributed by atoms with Gasteiger partial charge < -0.3 is 10.1 Å². The van der Waals surface area contributed by atoms with Crippen LogP contribution in [0.4, 0.5) is 5.69 Å². The van der Waals surface area contributed by atoms with Gasteiger partial charge in [0.1, 0.15) is 6.07 Å². The summed E-state index contributed by atoms with van der Waals surface area (Å²) in [6, 6.07) is 7.93. The fourth-order valence-corrected chi connectivity index (χ4v) is 2.43. The van der Waals surface area contributed by atoms with E-state index in [9.17, 15) is 0 Å². The summed E-state index contributed by atoms with van der Waals surface area (Å²) in [5.74, 6) is 0. The fraction of sp³-hybridized carbons (Fsp3) is 0.462. The number of hydrogen-bond acceptors (Lipinski definition) is 3. The first-order valence-corrected chi connectivity index (χ1v) is 6.64. The maximum Gasteiger partial charge on any atom is 0.103 e. The second-order valence-electron chi connectivity index (χ2n) is 4.14. The van der Waals surface area contributed by atoms with Gasteiger partial charge in [-0.05, 0) is 47.3 Å². The molecule has 1 heterocycles. The Bertz CT molecular complexity index is 422. The highest BCUT2D eigenvalue weighted by atomic mass is 79.9. The zero-order valence-corrected chi connectivity index (χ0v) is 11.2. The molecule has 1 N–H and O–H groups in total. The molecule has 1 aliphatic rings. The maximum absolute atomic E-state index is 9.08. The maximum atomic E-state index is 9.08. The first-order chi connectivity index (χ1) is 8.31. The van der Waals surface area contributed by atoms with Gasteiger partial charge in [-0.15, -0.1) is 0 Å². The van der Waals surface area contributed by atoms with Crippen molar-refractivity contribution in [2.45, 2.75) is 25.4 Å². The number of hydrogen-bond donors (Lipinski definition) is 1. The minimum absolute atomic E-state index is 0.272. The van der Waals surface area contributed by atoms with Crippen LogP contribution < -0.4 is 5.32 Å². The summed E-state index contributed by atoms with van der Waals surface area (Å²) in [5.41, 5.74) is 1.53. The van der Waals surface area contributed by atoms with Crippen LogP contribution in [0.2, 0.25) is 0 Å². The molecular formula is C13H15BrN2O. The van der Waals surface area contributed by atoms with Gasteiger partial charge >= 0.3 is 0 Å². The van der Waals surface area contributed by atoms with Crippen LogP contribution in [0.3, 0.4) is 0 Å². The van der Waals surface area contributed by atoms with Crippen molar-refractivity contribution < 1.29 is 4.74 Å². The summed E-state index contributed by atoms with van der Waals surface area (Å²) in [7, 11) is 0. The van der Waals surface area contributed by atoms with Gasteiger partial charge in [0.2, 0.25) is 0 Å². The van der Waals surface area contributed by atoms with Gasteiger partial charge in [0.15, 0.2) is 0 Å². The van der Waals surface area contributed by atoms with Crippen molar-refractivity contribution in [1.29, 1.82) is 5.26 Å². The quantitative estimate of drug-likeness (QED) is 0.930. The molecule has 3 nitrogen and oxygen atoms in total. The number of anilines is 1. The summed E-state index contributed by atoms with van der Waals surface area (Å²) in [6.45, 7) is 1.63. The van der Waals surface area contributed by atoms with Crippen LogP contribution in [0.15, 0.2) is 22.7 Å². The van der Waals surface area contributed by atoms with E-state index >= 15 is 0 Å². The topological polar surface area (TPSA) is 45.0 Å². The second kappa shape index (κ2) is 6.04. The first kappa shape index (κ1) is 12.4. The minimum Gasteiger partial charge on any atom is -0.381 e. The molecular weight excluding hydrogens is 280 g/mol. The van der Waals surface area contributed by atoms with Crippen LogP contribution in [0, 0.1) is 11.3 Å². The lowest BCUT2D eigenvalue weighted by Crippen LogP contribution is -2.27. The van der Waals surface area contributed by atoms with Gasteiger partial charge in [-0.2, -0.15) is 5.26 Å². The van der Waals surface area contributed by atoms with E-state index in [4.69, 9.17) is 10.00 Å². The van der Waals surface area contributed by atoms with E-state index in [0.717, 1.165) is 36.2 Å². The molecule has 1 aliphatic heterocycles. The Balaban J connectivity index is 1.99. The molecule has 0 saturated carbocycles. The molecule has 1 aromatic carbocycles. The van der Waals surface area contributed by atoms with Crippen molar-refractivity contribution in [3.05, 3.63) is 28.2 Å². The second-order valence-corrected chi connectivity index (χ2v) is 5.00. The molecule has 1 saturated heterocycles. The summed E-state index contributed by atoms with van der Waals surface area (Å²) in [5, 5.41) is 12.4. The van der Waals surface area contributed by atoms with Crippen LogP contribution in [0.5, 0.6) is 0 Å². The standard InChI is InChI=1S/C13H15BrN2O/c14-12-5-3-6-13(11(12)8-15)16-9-10-4-1-2-7-17-10/h3,5-6,10,16H,1-2,4,7,9H2. The summed E-state index contributed by atoms with van der Waals surface area (Å²) < 4.78 is 6.47. The Morgan fingerprint density at radius 3 is 3.06 bits per heavy atom. The average molecular weight is 295 g/mol. The highest BCUT2D eigenvalue weighted by Crippen LogP contribution is 2.24. The Morgan fingerprint density at radius 2 is 2.35 bits per heavy atom. The molecule has 0 radical (unpaired) electrons. The van der Waals surface area contributed by atoms with Crippen LogP contribution in [0.25, 0.3) is 0 Å². The third-order valence-electron chi connectivity index (χ3n) is 2.92. The van der Waals surface area contributed by atoms with Gasteiger partial charge in [-0.25, -0.2) is 0 Å². The molecule has 17 heavy (non-hydrogen) atoms. The van der Waals surface area contributed by atoms with Crippen molar-refractivity contribution in [2.75, 3.05) is 18.5 Å². The van der Waals surface area contributed by atoms with Gasteiger partial charge in [0.25, 0.3) is 0 Å². The van der Waals surface area contributed by atoms with E-state index in [0.29, 0.717) is 5.56 Å². The van der Waals surface area contributed by atoms with E-state index < -0.39 is 0 Å². The SMILES string of the molecule is N#Cc1c(Br)cccc1NCC1CCCCO1. The zero-order valence-electron chi connectivity index (χ0n) is 9.58. The van der Waals surface area contributed by atoms with Gasteiger partial charge in [0, 0.05) is 17.6 Å². The summed E-state index contributed by atoms with van der Waals surface area (Å²) in [6.07, 6.45) is 3.77. The summed E-state index contributed by atoms with van der Waals surface area (Å²) >= 11 is 3.38. The molecule has 1 atom stereocenters. The highest BCUT2D eigenvalue weighted by molar-refractivity contribution is 9.10. The van der Waals surface area contributed by atoms with Crippen LogP contribution >= 0.6 is 15.9 Å². The zero-order chi connectivity index (χ0) is 12.1. The molecule has 0 aromatic heterocycles. The lowest BCUT2D eigenvalue weighted by atomic mass is 10.1. The van der Waals surface area contributed by atoms with Gasteiger partial charge in [-0.1, -0.05) is 6.07 Å². The molecule has 1 unspecified atom stereocenters. The number of nitriles is 1. The lowest BCUT2D eigenvalue weighted by molar-refractivity contribution is 0.0247. The van der Waals surface area contributed by atoms with Gasteiger partial charge in [-0.3, -0.25) is 0 Å². The van der Waals surface area contributed by atoms with Crippen molar-refractivity contribution >= 4 is 21.6 Å². The number of nitrogens with zero attached hydrogens (tertiary/aromatic N) is 1. The van der Waals surface area contributed by atoms with E-state index in [2.05, 4.69) is 27.3 Å². The Hall–Kier alpha value is -1.05. The predicted molar refractivity (Wildman–Crippen MR) is 70.9 cm³/mol. The highest BCUT2D eigenvalue weighted by Gasteiger charge is 2.14. The smallest absolute Gasteiger partial charge is 0.103 e. The number of nitrogens with one attached hydrogen (secondary N) is 1. The third-order valence-corrected chi connectivity index (χ3v) is 3.58. The van der Waals surface area contributed by atoms with Crippen LogP contribution in [-0.4, -0.2) is 19.3 Å². The monoisotopic (exact) mass is 294 g/mol. The first-order valence-electron chi connectivity index (χ1n) is 5.85. The Labute approximate surface area is 110 Å². The van der Waals surface area contributed by atoms with Crippen molar-refractivity contribution in [3.63, 3.8) is 0 Å².